The van der Waals surface area contributed by atoms with E-state index < -0.39 is 9.84 Å². The van der Waals surface area contributed by atoms with Gasteiger partial charge < -0.3 is 10.6 Å². The van der Waals surface area contributed by atoms with Crippen LogP contribution in [-0.2, 0) is 9.84 Å². The van der Waals surface area contributed by atoms with Gasteiger partial charge in [0.25, 0.3) is 0 Å². The van der Waals surface area contributed by atoms with Gasteiger partial charge in [0.2, 0.25) is 0 Å². The molecule has 0 aromatic heterocycles. The fourth-order valence-electron chi connectivity index (χ4n) is 1.24. The molecule has 0 spiro atoms. The summed E-state index contributed by atoms with van der Waals surface area (Å²) in [6.45, 7) is 2.92. The lowest BCUT2D eigenvalue weighted by Gasteiger charge is -2.09. The van der Waals surface area contributed by atoms with Crippen molar-refractivity contribution in [2.45, 2.75) is 19.8 Å². The van der Waals surface area contributed by atoms with Gasteiger partial charge >= 0.3 is 0 Å². The normalized spacial score (nSPS) is 18.3. The SMILES string of the molecule is CCCCNC(=S)NC1=CCS(=O)(=O)C1. The molecule has 1 aliphatic heterocycles. The predicted octanol–water partition coefficient (Wildman–Crippen LogP) is 0.563. The van der Waals surface area contributed by atoms with Crippen LogP contribution in [0.5, 0.6) is 0 Å². The summed E-state index contributed by atoms with van der Waals surface area (Å²) in [6, 6.07) is 0. The molecule has 86 valence electrons. The van der Waals surface area contributed by atoms with Crippen LogP contribution in [0.15, 0.2) is 11.8 Å². The minimum atomic E-state index is -2.91. The van der Waals surface area contributed by atoms with Crippen LogP contribution in [-0.4, -0.2) is 31.6 Å². The summed E-state index contributed by atoms with van der Waals surface area (Å²) >= 11 is 5.02. The van der Waals surface area contributed by atoms with Crippen molar-refractivity contribution in [2.24, 2.45) is 0 Å². The van der Waals surface area contributed by atoms with Gasteiger partial charge in [-0.15, -0.1) is 0 Å². The van der Waals surface area contributed by atoms with Crippen LogP contribution in [0, 0.1) is 0 Å². The zero-order chi connectivity index (χ0) is 11.3. The van der Waals surface area contributed by atoms with Crippen LogP contribution in [0.25, 0.3) is 0 Å². The van der Waals surface area contributed by atoms with Gasteiger partial charge in [-0.1, -0.05) is 13.3 Å². The van der Waals surface area contributed by atoms with Gasteiger partial charge in [0.15, 0.2) is 14.9 Å². The van der Waals surface area contributed by atoms with E-state index in [9.17, 15) is 8.42 Å². The van der Waals surface area contributed by atoms with E-state index in [-0.39, 0.29) is 11.5 Å². The number of rotatable bonds is 4. The molecule has 0 aromatic rings. The number of thiocarbonyl (C=S) groups is 1. The lowest BCUT2D eigenvalue weighted by Crippen LogP contribution is -2.35. The molecule has 0 unspecified atom stereocenters. The molecule has 0 atom stereocenters. The molecule has 0 saturated carbocycles. The molecule has 15 heavy (non-hydrogen) atoms. The van der Waals surface area contributed by atoms with Crippen molar-refractivity contribution in [3.63, 3.8) is 0 Å². The monoisotopic (exact) mass is 248 g/mol. The summed E-state index contributed by atoms with van der Waals surface area (Å²) in [7, 11) is -2.91. The summed E-state index contributed by atoms with van der Waals surface area (Å²) in [5, 5.41) is 6.42. The van der Waals surface area contributed by atoms with Gasteiger partial charge in [-0.25, -0.2) is 8.42 Å². The summed E-state index contributed by atoms with van der Waals surface area (Å²) in [5.74, 6) is 0.190. The smallest absolute Gasteiger partial charge is 0.170 e. The Morgan fingerprint density at radius 1 is 1.60 bits per heavy atom. The third kappa shape index (κ3) is 4.61. The Morgan fingerprint density at radius 3 is 2.87 bits per heavy atom. The maximum absolute atomic E-state index is 11.1. The van der Waals surface area contributed by atoms with Gasteiger partial charge in [-0.05, 0) is 24.7 Å². The summed E-state index contributed by atoms with van der Waals surface area (Å²) in [6.07, 6.45) is 3.83. The van der Waals surface area contributed by atoms with Gasteiger partial charge in [0.05, 0.1) is 11.5 Å². The zero-order valence-corrected chi connectivity index (χ0v) is 10.4. The van der Waals surface area contributed by atoms with E-state index in [1.807, 2.05) is 0 Å². The molecule has 1 aliphatic rings. The second kappa shape index (κ2) is 5.46. The standard InChI is InChI=1S/C9H16N2O2S2/c1-2-3-5-10-9(14)11-8-4-6-15(12,13)7-8/h4H,2-3,5-7H2,1H3,(H2,10,11,14). The fourth-order valence-corrected chi connectivity index (χ4v) is 2.71. The highest BCUT2D eigenvalue weighted by Gasteiger charge is 2.19. The molecule has 0 aromatic carbocycles. The molecule has 1 heterocycles. The number of nitrogens with one attached hydrogen (secondary N) is 2. The predicted molar refractivity (Wildman–Crippen MR) is 65.4 cm³/mol. The Kier molecular flexibility index (Phi) is 4.53. The van der Waals surface area contributed by atoms with Crippen LogP contribution in [0.4, 0.5) is 0 Å². The largest absolute Gasteiger partial charge is 0.362 e. The molecule has 1 rings (SSSR count). The molecular weight excluding hydrogens is 232 g/mol. The third-order valence-electron chi connectivity index (χ3n) is 2.05. The Hall–Kier alpha value is -0.620. The van der Waals surface area contributed by atoms with Crippen molar-refractivity contribution in [1.29, 1.82) is 0 Å². The summed E-state index contributed by atoms with van der Waals surface area (Å²) in [4.78, 5) is 0. The number of unbranched alkanes of at least 4 members (excludes halogenated alkanes) is 1. The molecule has 0 aliphatic carbocycles. The topological polar surface area (TPSA) is 58.2 Å². The first-order chi connectivity index (χ1) is 7.03. The molecular formula is C9H16N2O2S2. The number of hydrogen-bond acceptors (Lipinski definition) is 3. The van der Waals surface area contributed by atoms with E-state index in [0.717, 1.165) is 19.4 Å². The molecule has 6 heteroatoms. The zero-order valence-electron chi connectivity index (χ0n) is 8.75. The maximum Gasteiger partial charge on any atom is 0.170 e. The molecule has 0 fully saturated rings. The number of sulfone groups is 1. The van der Waals surface area contributed by atoms with Crippen LogP contribution >= 0.6 is 12.2 Å². The van der Waals surface area contributed by atoms with Gasteiger partial charge in [-0.3, -0.25) is 0 Å². The average molecular weight is 248 g/mol. The highest BCUT2D eigenvalue weighted by Crippen LogP contribution is 2.07. The first-order valence-corrected chi connectivity index (χ1v) is 7.21. The Morgan fingerprint density at radius 2 is 2.33 bits per heavy atom. The van der Waals surface area contributed by atoms with E-state index in [1.54, 1.807) is 6.08 Å². The summed E-state index contributed by atoms with van der Waals surface area (Å²) < 4.78 is 22.3. The first kappa shape index (κ1) is 12.4. The van der Waals surface area contributed by atoms with Crippen molar-refractivity contribution in [1.82, 2.24) is 10.6 Å². The van der Waals surface area contributed by atoms with E-state index in [1.165, 1.54) is 0 Å². The van der Waals surface area contributed by atoms with E-state index >= 15 is 0 Å². The molecule has 0 radical (unpaired) electrons. The van der Waals surface area contributed by atoms with Crippen LogP contribution in [0.3, 0.4) is 0 Å². The maximum atomic E-state index is 11.1. The third-order valence-corrected chi connectivity index (χ3v) is 3.72. The van der Waals surface area contributed by atoms with Crippen molar-refractivity contribution < 1.29 is 8.42 Å². The van der Waals surface area contributed by atoms with E-state index in [2.05, 4.69) is 17.6 Å². The minimum absolute atomic E-state index is 0.0720. The highest BCUT2D eigenvalue weighted by atomic mass is 32.2. The second-order valence-corrected chi connectivity index (χ2v) is 6.04. The lowest BCUT2D eigenvalue weighted by molar-refractivity contribution is 0.602. The first-order valence-electron chi connectivity index (χ1n) is 4.98. The number of hydrogen-bond donors (Lipinski definition) is 2. The Labute approximate surface area is 96.0 Å². The van der Waals surface area contributed by atoms with Gasteiger partial charge in [0, 0.05) is 12.2 Å². The molecule has 0 bridgehead atoms. The van der Waals surface area contributed by atoms with Crippen molar-refractivity contribution in [3.05, 3.63) is 11.8 Å². The van der Waals surface area contributed by atoms with Crippen LogP contribution < -0.4 is 10.6 Å². The second-order valence-electron chi connectivity index (χ2n) is 3.52. The molecule has 2 N–H and O–H groups in total. The Bertz CT molecular complexity index is 360. The quantitative estimate of drug-likeness (QED) is 0.562. The van der Waals surface area contributed by atoms with E-state index in [0.29, 0.717) is 10.8 Å². The lowest BCUT2D eigenvalue weighted by atomic mass is 10.3. The minimum Gasteiger partial charge on any atom is -0.362 e. The average Bonchev–Trinajstić information content (AvgIpc) is 2.46. The molecule has 4 nitrogen and oxygen atoms in total. The van der Waals surface area contributed by atoms with Crippen molar-refractivity contribution in [2.75, 3.05) is 18.1 Å². The highest BCUT2D eigenvalue weighted by molar-refractivity contribution is 7.92. The van der Waals surface area contributed by atoms with E-state index in [4.69, 9.17) is 12.2 Å². The van der Waals surface area contributed by atoms with Gasteiger partial charge in [-0.2, -0.15) is 0 Å². The summed E-state index contributed by atoms with van der Waals surface area (Å²) in [5.41, 5.74) is 0.684. The van der Waals surface area contributed by atoms with Crippen molar-refractivity contribution >= 4 is 27.2 Å². The fraction of sp³-hybridized carbons (Fsp3) is 0.667. The van der Waals surface area contributed by atoms with Gasteiger partial charge in [0.1, 0.15) is 0 Å². The van der Waals surface area contributed by atoms with Crippen molar-refractivity contribution in [3.8, 4) is 0 Å². The Balaban J connectivity index is 2.28. The van der Waals surface area contributed by atoms with Crippen LogP contribution in [0.2, 0.25) is 0 Å². The molecule has 0 amide bonds. The van der Waals surface area contributed by atoms with Crippen LogP contribution in [0.1, 0.15) is 19.8 Å². The molecule has 0 saturated heterocycles.